The van der Waals surface area contributed by atoms with Crippen LogP contribution in [-0.2, 0) is 4.79 Å². The Balaban J connectivity index is 2.12. The number of carbonyl (C=O) groups excluding carboxylic acids is 1. The lowest BCUT2D eigenvalue weighted by molar-refractivity contribution is -0.127. The molecule has 3 rings (SSSR count). The van der Waals surface area contributed by atoms with Gasteiger partial charge in [0.25, 0.3) is 0 Å². The van der Waals surface area contributed by atoms with Crippen molar-refractivity contribution in [1.82, 2.24) is 4.90 Å². The Morgan fingerprint density at radius 2 is 2.24 bits per heavy atom. The summed E-state index contributed by atoms with van der Waals surface area (Å²) in [5.74, 6) is 1.38. The predicted molar refractivity (Wildman–Crippen MR) is 77.9 cm³/mol. The van der Waals surface area contributed by atoms with Crippen molar-refractivity contribution in [1.29, 1.82) is 5.26 Å². The zero-order valence-corrected chi connectivity index (χ0v) is 12.4. The van der Waals surface area contributed by atoms with Gasteiger partial charge in [0.05, 0.1) is 17.2 Å². The number of amides is 1. The van der Waals surface area contributed by atoms with Gasteiger partial charge in [0.15, 0.2) is 5.72 Å². The lowest BCUT2D eigenvalue weighted by Crippen LogP contribution is -2.41. The fourth-order valence-corrected chi connectivity index (χ4v) is 2.71. The molecule has 1 atom stereocenters. The average Bonchev–Trinajstić information content (AvgIpc) is 2.77. The second kappa shape index (κ2) is 4.59. The molecule has 0 saturated carbocycles. The van der Waals surface area contributed by atoms with E-state index in [0.29, 0.717) is 23.7 Å². The molecule has 5 nitrogen and oxygen atoms in total. The van der Waals surface area contributed by atoms with Crippen LogP contribution in [0.15, 0.2) is 23.2 Å². The number of nitriles is 1. The molecule has 21 heavy (non-hydrogen) atoms. The van der Waals surface area contributed by atoms with Crippen molar-refractivity contribution in [2.24, 2.45) is 10.9 Å². The van der Waals surface area contributed by atoms with Crippen LogP contribution in [0.3, 0.4) is 0 Å². The molecule has 1 aromatic carbocycles. The summed E-state index contributed by atoms with van der Waals surface area (Å²) in [4.78, 5) is 18.6. The molecule has 1 amide bonds. The SMILES string of the molecule is CC1CCN(C2=NC(C)(C)Oc3ccc(C#N)cc32)C1=O. The largest absolute Gasteiger partial charge is 0.466 e. The molecule has 0 bridgehead atoms. The molecule has 0 aliphatic carbocycles. The van der Waals surface area contributed by atoms with E-state index in [1.165, 1.54) is 0 Å². The third kappa shape index (κ3) is 2.27. The van der Waals surface area contributed by atoms with Gasteiger partial charge in [-0.1, -0.05) is 6.92 Å². The van der Waals surface area contributed by atoms with E-state index in [-0.39, 0.29) is 11.8 Å². The molecule has 1 fully saturated rings. The van der Waals surface area contributed by atoms with Crippen LogP contribution in [0.5, 0.6) is 5.75 Å². The molecule has 1 saturated heterocycles. The fourth-order valence-electron chi connectivity index (χ4n) is 2.71. The van der Waals surface area contributed by atoms with Crippen LogP contribution in [-0.4, -0.2) is 28.9 Å². The molecular formula is C16H17N3O2. The van der Waals surface area contributed by atoms with Crippen molar-refractivity contribution in [2.45, 2.75) is 32.9 Å². The molecule has 1 aromatic rings. The lowest BCUT2D eigenvalue weighted by atomic mass is 10.1. The van der Waals surface area contributed by atoms with E-state index in [0.717, 1.165) is 12.0 Å². The lowest BCUT2D eigenvalue weighted by Gasteiger charge is -2.33. The maximum Gasteiger partial charge on any atom is 0.231 e. The van der Waals surface area contributed by atoms with Crippen molar-refractivity contribution >= 4 is 11.7 Å². The quantitative estimate of drug-likeness (QED) is 0.733. The maximum absolute atomic E-state index is 12.3. The summed E-state index contributed by atoms with van der Waals surface area (Å²) in [6.45, 7) is 6.31. The van der Waals surface area contributed by atoms with Crippen molar-refractivity contribution in [3.63, 3.8) is 0 Å². The van der Waals surface area contributed by atoms with E-state index >= 15 is 0 Å². The minimum atomic E-state index is -0.720. The molecular weight excluding hydrogens is 266 g/mol. The number of hydrogen-bond acceptors (Lipinski definition) is 4. The van der Waals surface area contributed by atoms with Gasteiger partial charge in [0.2, 0.25) is 5.91 Å². The minimum absolute atomic E-state index is 0.0151. The molecule has 2 aliphatic heterocycles. The summed E-state index contributed by atoms with van der Waals surface area (Å²) in [7, 11) is 0. The van der Waals surface area contributed by atoms with Crippen molar-refractivity contribution in [3.8, 4) is 11.8 Å². The molecule has 0 radical (unpaired) electrons. The summed E-state index contributed by atoms with van der Waals surface area (Å²) in [6, 6.07) is 7.34. The summed E-state index contributed by atoms with van der Waals surface area (Å²) in [6.07, 6.45) is 0.826. The topological polar surface area (TPSA) is 65.7 Å². The summed E-state index contributed by atoms with van der Waals surface area (Å²) < 4.78 is 5.84. The summed E-state index contributed by atoms with van der Waals surface area (Å²) >= 11 is 0. The number of nitrogens with zero attached hydrogens (tertiary/aromatic N) is 3. The van der Waals surface area contributed by atoms with Gasteiger partial charge in [-0.25, -0.2) is 4.99 Å². The number of carbonyl (C=O) groups is 1. The first kappa shape index (κ1) is 13.6. The Kier molecular flexibility index (Phi) is 2.98. The molecule has 0 aromatic heterocycles. The molecule has 5 heteroatoms. The molecule has 2 aliphatic rings. The van der Waals surface area contributed by atoms with Crippen LogP contribution >= 0.6 is 0 Å². The Hall–Kier alpha value is -2.35. The fraction of sp³-hybridized carbons (Fsp3) is 0.438. The van der Waals surface area contributed by atoms with Crippen LogP contribution in [0.2, 0.25) is 0 Å². The van der Waals surface area contributed by atoms with E-state index in [1.54, 1.807) is 23.1 Å². The van der Waals surface area contributed by atoms with Gasteiger partial charge < -0.3 is 4.74 Å². The third-order valence-electron chi connectivity index (χ3n) is 3.81. The van der Waals surface area contributed by atoms with E-state index < -0.39 is 5.72 Å². The smallest absolute Gasteiger partial charge is 0.231 e. The molecule has 0 N–H and O–H groups in total. The van der Waals surface area contributed by atoms with E-state index in [2.05, 4.69) is 11.1 Å². The number of rotatable bonds is 0. The van der Waals surface area contributed by atoms with Gasteiger partial charge in [-0.3, -0.25) is 9.69 Å². The second-order valence-corrected chi connectivity index (χ2v) is 5.99. The van der Waals surface area contributed by atoms with E-state index in [9.17, 15) is 4.79 Å². The number of likely N-dealkylation sites (tertiary alicyclic amines) is 1. The monoisotopic (exact) mass is 283 g/mol. The van der Waals surface area contributed by atoms with Gasteiger partial charge in [-0.15, -0.1) is 0 Å². The molecule has 0 spiro atoms. The first-order valence-corrected chi connectivity index (χ1v) is 7.06. The number of fused-ring (bicyclic) bond motifs is 1. The Morgan fingerprint density at radius 3 is 2.86 bits per heavy atom. The van der Waals surface area contributed by atoms with E-state index in [4.69, 9.17) is 10.00 Å². The van der Waals surface area contributed by atoms with Gasteiger partial charge in [-0.05, 0) is 38.5 Å². The summed E-state index contributed by atoms with van der Waals surface area (Å²) in [5, 5.41) is 9.08. The number of aliphatic imine (C=N–C) groups is 1. The van der Waals surface area contributed by atoms with Gasteiger partial charge >= 0.3 is 0 Å². The van der Waals surface area contributed by atoms with Crippen LogP contribution in [0.1, 0.15) is 38.3 Å². The Bertz CT molecular complexity index is 685. The highest BCUT2D eigenvalue weighted by atomic mass is 16.5. The molecule has 2 heterocycles. The molecule has 1 unspecified atom stereocenters. The van der Waals surface area contributed by atoms with Crippen LogP contribution < -0.4 is 4.74 Å². The normalized spacial score (nSPS) is 23.1. The van der Waals surface area contributed by atoms with Crippen molar-refractivity contribution < 1.29 is 9.53 Å². The zero-order valence-electron chi connectivity index (χ0n) is 12.4. The highest BCUT2D eigenvalue weighted by Crippen LogP contribution is 2.33. The predicted octanol–water partition coefficient (Wildman–Crippen LogP) is 2.30. The van der Waals surface area contributed by atoms with Crippen molar-refractivity contribution in [3.05, 3.63) is 29.3 Å². The highest BCUT2D eigenvalue weighted by Gasteiger charge is 2.37. The van der Waals surface area contributed by atoms with Crippen LogP contribution in [0.25, 0.3) is 0 Å². The number of benzene rings is 1. The van der Waals surface area contributed by atoms with E-state index in [1.807, 2.05) is 20.8 Å². The number of ether oxygens (including phenoxy) is 1. The van der Waals surface area contributed by atoms with Crippen molar-refractivity contribution in [2.75, 3.05) is 6.54 Å². The van der Waals surface area contributed by atoms with Gasteiger partial charge in [0, 0.05) is 12.5 Å². The average molecular weight is 283 g/mol. The first-order chi connectivity index (χ1) is 9.91. The minimum Gasteiger partial charge on any atom is -0.466 e. The third-order valence-corrected chi connectivity index (χ3v) is 3.81. The maximum atomic E-state index is 12.3. The summed E-state index contributed by atoms with van der Waals surface area (Å²) in [5.41, 5.74) is 0.531. The first-order valence-electron chi connectivity index (χ1n) is 7.06. The highest BCUT2D eigenvalue weighted by molar-refractivity contribution is 6.11. The number of amidine groups is 1. The standard InChI is InChI=1S/C16H17N3O2/c1-10-6-7-19(15(10)20)14-12-8-11(9-17)4-5-13(12)21-16(2,3)18-14/h4-5,8,10H,6-7H2,1-3H3. The van der Waals surface area contributed by atoms with Crippen LogP contribution in [0, 0.1) is 17.2 Å². The van der Waals surface area contributed by atoms with Gasteiger partial charge in [-0.2, -0.15) is 5.26 Å². The van der Waals surface area contributed by atoms with Gasteiger partial charge in [0.1, 0.15) is 11.6 Å². The number of hydrogen-bond donors (Lipinski definition) is 0. The molecule has 108 valence electrons. The van der Waals surface area contributed by atoms with Crippen LogP contribution in [0.4, 0.5) is 0 Å². The second-order valence-electron chi connectivity index (χ2n) is 5.99. The Morgan fingerprint density at radius 1 is 1.48 bits per heavy atom. The zero-order chi connectivity index (χ0) is 15.2. The Labute approximate surface area is 123 Å².